The molecule has 1 rings (SSSR count). The van der Waals surface area contributed by atoms with E-state index in [9.17, 15) is 18.0 Å². The topological polar surface area (TPSA) is 110 Å². The Hall–Kier alpha value is -1.71. The van der Waals surface area contributed by atoms with E-state index < -0.39 is 27.2 Å². The molecule has 0 aliphatic carbocycles. The number of carboxylic acid groups (broad SMARTS) is 1. The summed E-state index contributed by atoms with van der Waals surface area (Å²) in [6, 6.07) is 1.66. The van der Waals surface area contributed by atoms with Crippen molar-refractivity contribution in [1.29, 1.82) is 0 Å². The SMILES string of the molecule is COC(=O)C(C)S(=O)(=O)NCc1cc(C=CC(=O)O)cs1. The Morgan fingerprint density at radius 3 is 2.76 bits per heavy atom. The van der Waals surface area contributed by atoms with Gasteiger partial charge in [0.2, 0.25) is 10.0 Å². The van der Waals surface area contributed by atoms with E-state index in [2.05, 4.69) is 9.46 Å². The molecule has 0 saturated carbocycles. The van der Waals surface area contributed by atoms with Crippen LogP contribution < -0.4 is 4.72 Å². The molecule has 1 aromatic rings. The summed E-state index contributed by atoms with van der Waals surface area (Å²) in [6.07, 6.45) is 2.41. The predicted molar refractivity (Wildman–Crippen MR) is 78.2 cm³/mol. The average molecular weight is 333 g/mol. The number of carbonyl (C=O) groups is 2. The van der Waals surface area contributed by atoms with E-state index >= 15 is 0 Å². The number of hydrogen-bond donors (Lipinski definition) is 2. The number of carbonyl (C=O) groups excluding carboxylic acids is 1. The van der Waals surface area contributed by atoms with Crippen LogP contribution in [0.5, 0.6) is 0 Å². The molecule has 0 aliphatic rings. The highest BCUT2D eigenvalue weighted by molar-refractivity contribution is 7.90. The lowest BCUT2D eigenvalue weighted by Crippen LogP contribution is -2.37. The molecule has 1 atom stereocenters. The first-order valence-electron chi connectivity index (χ1n) is 5.81. The second kappa shape index (κ2) is 7.34. The number of hydrogen-bond acceptors (Lipinski definition) is 6. The molecule has 21 heavy (non-hydrogen) atoms. The normalized spacial score (nSPS) is 13.2. The molecule has 9 heteroatoms. The number of ether oxygens (including phenoxy) is 1. The third-order valence-corrected chi connectivity index (χ3v) is 5.16. The Morgan fingerprint density at radius 2 is 2.19 bits per heavy atom. The van der Waals surface area contributed by atoms with Gasteiger partial charge in [-0.05, 0) is 30.0 Å². The van der Waals surface area contributed by atoms with Gasteiger partial charge < -0.3 is 9.84 Å². The van der Waals surface area contributed by atoms with Crippen LogP contribution in [-0.4, -0.2) is 37.8 Å². The number of aliphatic carboxylic acids is 1. The maximum atomic E-state index is 11.8. The fourth-order valence-electron chi connectivity index (χ4n) is 1.33. The first-order valence-corrected chi connectivity index (χ1v) is 8.23. The van der Waals surface area contributed by atoms with Gasteiger partial charge in [0.25, 0.3) is 0 Å². The zero-order chi connectivity index (χ0) is 16.0. The van der Waals surface area contributed by atoms with Crippen LogP contribution in [0.2, 0.25) is 0 Å². The molecule has 0 aromatic carbocycles. The van der Waals surface area contributed by atoms with Gasteiger partial charge in [0.15, 0.2) is 5.25 Å². The van der Waals surface area contributed by atoms with Crippen LogP contribution in [0.4, 0.5) is 0 Å². The Kier molecular flexibility index (Phi) is 6.06. The third-order valence-electron chi connectivity index (χ3n) is 2.54. The molecular formula is C12H15NO6S2. The minimum Gasteiger partial charge on any atom is -0.478 e. The molecule has 0 spiro atoms. The van der Waals surface area contributed by atoms with Gasteiger partial charge in [-0.1, -0.05) is 0 Å². The standard InChI is InChI=1S/C12H15NO6S2/c1-8(12(16)19-2)21(17,18)13-6-10-5-9(7-20-10)3-4-11(14)15/h3-5,7-8,13H,6H2,1-2H3,(H,14,15). The van der Waals surface area contributed by atoms with Crippen molar-refractivity contribution in [2.75, 3.05) is 7.11 Å². The van der Waals surface area contributed by atoms with Crippen molar-refractivity contribution in [3.8, 4) is 0 Å². The van der Waals surface area contributed by atoms with Crippen molar-refractivity contribution in [3.63, 3.8) is 0 Å². The van der Waals surface area contributed by atoms with E-state index in [4.69, 9.17) is 5.11 Å². The maximum Gasteiger partial charge on any atom is 0.328 e. The second-order valence-corrected chi connectivity index (χ2v) is 7.13. The van der Waals surface area contributed by atoms with E-state index in [1.54, 1.807) is 11.4 Å². The molecule has 1 aromatic heterocycles. The summed E-state index contributed by atoms with van der Waals surface area (Å²) in [5, 5.41) is 8.91. The maximum absolute atomic E-state index is 11.8. The smallest absolute Gasteiger partial charge is 0.328 e. The molecule has 0 fully saturated rings. The molecular weight excluding hydrogens is 318 g/mol. The van der Waals surface area contributed by atoms with E-state index in [1.165, 1.54) is 24.3 Å². The number of thiophene rings is 1. The molecule has 0 bridgehead atoms. The number of methoxy groups -OCH3 is 1. The molecule has 0 aliphatic heterocycles. The average Bonchev–Trinajstić information content (AvgIpc) is 2.89. The fraction of sp³-hybridized carbons (Fsp3) is 0.333. The summed E-state index contributed by atoms with van der Waals surface area (Å²) in [7, 11) is -2.70. The lowest BCUT2D eigenvalue weighted by Gasteiger charge is -2.11. The summed E-state index contributed by atoms with van der Waals surface area (Å²) < 4.78 is 30.4. The number of carboxylic acids is 1. The molecule has 0 saturated heterocycles. The summed E-state index contributed by atoms with van der Waals surface area (Å²) in [5.41, 5.74) is 0.664. The van der Waals surface area contributed by atoms with Crippen molar-refractivity contribution in [3.05, 3.63) is 28.0 Å². The third kappa shape index (κ3) is 5.29. The first kappa shape index (κ1) is 17.3. The van der Waals surface area contributed by atoms with E-state index in [0.717, 1.165) is 13.2 Å². The van der Waals surface area contributed by atoms with E-state index in [0.29, 0.717) is 10.4 Å². The van der Waals surface area contributed by atoms with Crippen molar-refractivity contribution in [1.82, 2.24) is 4.72 Å². The van der Waals surface area contributed by atoms with Crippen molar-refractivity contribution in [2.45, 2.75) is 18.7 Å². The zero-order valence-electron chi connectivity index (χ0n) is 11.4. The quantitative estimate of drug-likeness (QED) is 0.565. The van der Waals surface area contributed by atoms with Crippen LogP contribution in [0.25, 0.3) is 6.08 Å². The van der Waals surface area contributed by atoms with E-state index in [1.807, 2.05) is 0 Å². The van der Waals surface area contributed by atoms with Crippen LogP contribution in [0.3, 0.4) is 0 Å². The van der Waals surface area contributed by atoms with Gasteiger partial charge in [0, 0.05) is 17.5 Å². The number of rotatable bonds is 7. The van der Waals surface area contributed by atoms with Gasteiger partial charge >= 0.3 is 11.9 Å². The fourth-order valence-corrected chi connectivity index (χ4v) is 3.18. The van der Waals surface area contributed by atoms with Crippen LogP contribution in [-0.2, 0) is 30.9 Å². The number of esters is 1. The van der Waals surface area contributed by atoms with Gasteiger partial charge in [0.1, 0.15) is 0 Å². The highest BCUT2D eigenvalue weighted by atomic mass is 32.2. The Labute approximate surface area is 126 Å². The first-order chi connectivity index (χ1) is 9.76. The van der Waals surface area contributed by atoms with Crippen LogP contribution in [0, 0.1) is 0 Å². The van der Waals surface area contributed by atoms with Crippen LogP contribution in [0.15, 0.2) is 17.5 Å². The number of nitrogens with one attached hydrogen (secondary N) is 1. The Morgan fingerprint density at radius 1 is 1.52 bits per heavy atom. The largest absolute Gasteiger partial charge is 0.478 e. The molecule has 116 valence electrons. The molecule has 2 N–H and O–H groups in total. The zero-order valence-corrected chi connectivity index (χ0v) is 13.0. The molecule has 1 unspecified atom stereocenters. The van der Waals surface area contributed by atoms with Gasteiger partial charge in [0.05, 0.1) is 7.11 Å². The van der Waals surface area contributed by atoms with Crippen molar-refractivity contribution >= 4 is 39.4 Å². The van der Waals surface area contributed by atoms with Gasteiger partial charge in [-0.25, -0.2) is 17.9 Å². The summed E-state index contributed by atoms with van der Waals surface area (Å²) in [5.74, 6) is -1.89. The van der Waals surface area contributed by atoms with Crippen LogP contribution in [0.1, 0.15) is 17.4 Å². The minimum absolute atomic E-state index is 0.0231. The second-order valence-electron chi connectivity index (χ2n) is 4.05. The van der Waals surface area contributed by atoms with Crippen molar-refractivity contribution in [2.24, 2.45) is 0 Å². The number of sulfonamides is 1. The van der Waals surface area contributed by atoms with Gasteiger partial charge in [-0.2, -0.15) is 0 Å². The molecule has 0 radical (unpaired) electrons. The van der Waals surface area contributed by atoms with E-state index in [-0.39, 0.29) is 6.54 Å². The van der Waals surface area contributed by atoms with Crippen molar-refractivity contribution < 1.29 is 27.9 Å². The highest BCUT2D eigenvalue weighted by Crippen LogP contribution is 2.16. The summed E-state index contributed by atoms with van der Waals surface area (Å²) >= 11 is 1.28. The Balaban J connectivity index is 2.67. The van der Waals surface area contributed by atoms with Gasteiger partial charge in [-0.15, -0.1) is 11.3 Å². The highest BCUT2D eigenvalue weighted by Gasteiger charge is 2.28. The molecule has 1 heterocycles. The summed E-state index contributed by atoms with van der Waals surface area (Å²) in [4.78, 5) is 22.3. The molecule has 0 amide bonds. The summed E-state index contributed by atoms with van der Waals surface area (Å²) in [6.45, 7) is 1.26. The van der Waals surface area contributed by atoms with Crippen LogP contribution >= 0.6 is 11.3 Å². The Bertz CT molecular complexity index is 646. The lowest BCUT2D eigenvalue weighted by molar-refractivity contribution is -0.139. The van der Waals surface area contributed by atoms with Gasteiger partial charge in [-0.3, -0.25) is 4.79 Å². The predicted octanol–water partition coefficient (Wildman–Crippen LogP) is 0.827. The molecule has 7 nitrogen and oxygen atoms in total. The monoisotopic (exact) mass is 333 g/mol. The minimum atomic E-state index is -3.82. The lowest BCUT2D eigenvalue weighted by atomic mass is 10.3.